The van der Waals surface area contributed by atoms with Gasteiger partial charge >= 0.3 is 0 Å². The Kier molecular flexibility index (Phi) is 5.49. The molecule has 0 aromatic carbocycles. The minimum Gasteiger partial charge on any atom is -0.300 e. The predicted octanol–water partition coefficient (Wildman–Crippen LogP) is 2.17. The fourth-order valence-electron chi connectivity index (χ4n) is 3.62. The zero-order chi connectivity index (χ0) is 14.8. The summed E-state index contributed by atoms with van der Waals surface area (Å²) in [4.78, 5) is 2.61. The third-order valence-corrected chi connectivity index (χ3v) is 7.10. The molecule has 0 spiro atoms. The van der Waals surface area contributed by atoms with Gasteiger partial charge in [-0.25, -0.2) is 12.7 Å². The van der Waals surface area contributed by atoms with E-state index in [-0.39, 0.29) is 5.75 Å². The second kappa shape index (κ2) is 6.75. The zero-order valence-electron chi connectivity index (χ0n) is 13.2. The highest BCUT2D eigenvalue weighted by Gasteiger charge is 2.31. The standard InChI is InChI=1S/C15H30N2O2S/c1-4-20(18,19)17-11-7-15(8-12-17)16-9-5-14(6-10-16)13(2)3/h13-15H,4-12H2,1-3H3. The number of sulfonamides is 1. The van der Waals surface area contributed by atoms with Crippen molar-refractivity contribution in [2.45, 2.75) is 52.5 Å². The highest BCUT2D eigenvalue weighted by Crippen LogP contribution is 2.28. The lowest BCUT2D eigenvalue weighted by atomic mass is 9.85. The first-order valence-corrected chi connectivity index (χ1v) is 9.76. The average Bonchev–Trinajstić information content (AvgIpc) is 2.47. The van der Waals surface area contributed by atoms with Gasteiger partial charge in [0.2, 0.25) is 10.0 Å². The summed E-state index contributed by atoms with van der Waals surface area (Å²) < 4.78 is 25.4. The van der Waals surface area contributed by atoms with Crippen molar-refractivity contribution in [2.24, 2.45) is 11.8 Å². The van der Waals surface area contributed by atoms with E-state index in [0.717, 1.165) is 24.7 Å². The monoisotopic (exact) mass is 302 g/mol. The van der Waals surface area contributed by atoms with E-state index in [1.54, 1.807) is 11.2 Å². The highest BCUT2D eigenvalue weighted by molar-refractivity contribution is 7.89. The summed E-state index contributed by atoms with van der Waals surface area (Å²) >= 11 is 0. The molecule has 0 atom stereocenters. The van der Waals surface area contributed by atoms with Crippen LogP contribution >= 0.6 is 0 Å². The van der Waals surface area contributed by atoms with Gasteiger partial charge in [0.05, 0.1) is 5.75 Å². The first-order valence-electron chi connectivity index (χ1n) is 8.16. The van der Waals surface area contributed by atoms with E-state index in [9.17, 15) is 8.42 Å². The summed E-state index contributed by atoms with van der Waals surface area (Å²) in [5, 5.41) is 0. The molecule has 2 rings (SSSR count). The van der Waals surface area contributed by atoms with Crippen molar-refractivity contribution in [3.8, 4) is 0 Å². The molecule has 2 saturated heterocycles. The Morgan fingerprint density at radius 2 is 1.55 bits per heavy atom. The summed E-state index contributed by atoms with van der Waals surface area (Å²) in [6.45, 7) is 10.2. The van der Waals surface area contributed by atoms with Crippen molar-refractivity contribution in [1.29, 1.82) is 0 Å². The Bertz CT molecular complexity index is 392. The Balaban J connectivity index is 1.81. The number of hydrogen-bond donors (Lipinski definition) is 0. The normalized spacial score (nSPS) is 25.4. The Hall–Kier alpha value is -0.130. The van der Waals surface area contributed by atoms with Crippen LogP contribution in [0.4, 0.5) is 0 Å². The maximum Gasteiger partial charge on any atom is 0.213 e. The van der Waals surface area contributed by atoms with Crippen LogP contribution < -0.4 is 0 Å². The molecule has 4 nitrogen and oxygen atoms in total. The van der Waals surface area contributed by atoms with Gasteiger partial charge in [0.1, 0.15) is 0 Å². The largest absolute Gasteiger partial charge is 0.300 e. The van der Waals surface area contributed by atoms with Crippen LogP contribution in [0.25, 0.3) is 0 Å². The number of nitrogens with zero attached hydrogens (tertiary/aromatic N) is 2. The fourth-order valence-corrected chi connectivity index (χ4v) is 4.75. The molecule has 0 radical (unpaired) electrons. The van der Waals surface area contributed by atoms with Crippen molar-refractivity contribution in [3.05, 3.63) is 0 Å². The molecule has 2 aliphatic rings. The van der Waals surface area contributed by atoms with Gasteiger partial charge in [0.15, 0.2) is 0 Å². The summed E-state index contributed by atoms with van der Waals surface area (Å²) in [7, 11) is -2.98. The van der Waals surface area contributed by atoms with E-state index in [4.69, 9.17) is 0 Å². The van der Waals surface area contributed by atoms with E-state index in [1.807, 2.05) is 0 Å². The minimum atomic E-state index is -2.98. The topological polar surface area (TPSA) is 40.6 Å². The van der Waals surface area contributed by atoms with Crippen molar-refractivity contribution < 1.29 is 8.42 Å². The molecule has 2 fully saturated rings. The van der Waals surface area contributed by atoms with Crippen LogP contribution in [-0.4, -0.2) is 55.6 Å². The fraction of sp³-hybridized carbons (Fsp3) is 1.00. The van der Waals surface area contributed by atoms with Crippen LogP contribution in [0.1, 0.15) is 46.5 Å². The first kappa shape index (κ1) is 16.2. The molecule has 20 heavy (non-hydrogen) atoms. The van der Waals surface area contributed by atoms with Gasteiger partial charge in [-0.05, 0) is 57.5 Å². The number of likely N-dealkylation sites (tertiary alicyclic amines) is 1. The van der Waals surface area contributed by atoms with Crippen molar-refractivity contribution in [3.63, 3.8) is 0 Å². The van der Waals surface area contributed by atoms with Crippen LogP contribution in [0.2, 0.25) is 0 Å². The molecule has 5 heteroatoms. The second-order valence-electron chi connectivity index (χ2n) is 6.65. The molecule has 0 amide bonds. The molecular formula is C15H30N2O2S. The number of piperidine rings is 2. The molecule has 0 bridgehead atoms. The van der Waals surface area contributed by atoms with Gasteiger partial charge in [0, 0.05) is 19.1 Å². The molecule has 0 saturated carbocycles. The smallest absolute Gasteiger partial charge is 0.213 e. The van der Waals surface area contributed by atoms with Crippen molar-refractivity contribution >= 4 is 10.0 Å². The lowest BCUT2D eigenvalue weighted by molar-refractivity contribution is 0.0855. The molecule has 0 aliphatic carbocycles. The van der Waals surface area contributed by atoms with Gasteiger partial charge in [-0.3, -0.25) is 0 Å². The van der Waals surface area contributed by atoms with Gasteiger partial charge in [-0.1, -0.05) is 13.8 Å². The number of hydrogen-bond acceptors (Lipinski definition) is 3. The second-order valence-corrected chi connectivity index (χ2v) is 8.91. The molecular weight excluding hydrogens is 272 g/mol. The summed E-state index contributed by atoms with van der Waals surface area (Å²) in [6.07, 6.45) is 4.63. The van der Waals surface area contributed by atoms with E-state index >= 15 is 0 Å². The molecule has 2 aliphatic heterocycles. The highest BCUT2D eigenvalue weighted by atomic mass is 32.2. The van der Waals surface area contributed by atoms with Gasteiger partial charge in [0.25, 0.3) is 0 Å². The Morgan fingerprint density at radius 1 is 1.00 bits per heavy atom. The molecule has 118 valence electrons. The van der Waals surface area contributed by atoms with E-state index in [1.165, 1.54) is 25.9 Å². The lowest BCUT2D eigenvalue weighted by Crippen LogP contribution is -2.49. The Morgan fingerprint density at radius 3 is 2.00 bits per heavy atom. The van der Waals surface area contributed by atoms with Gasteiger partial charge < -0.3 is 4.90 Å². The third-order valence-electron chi connectivity index (χ3n) is 5.22. The Labute approximate surface area is 124 Å². The summed E-state index contributed by atoms with van der Waals surface area (Å²) in [5.74, 6) is 1.91. The van der Waals surface area contributed by atoms with Crippen molar-refractivity contribution in [2.75, 3.05) is 31.9 Å². The predicted molar refractivity (Wildman–Crippen MR) is 83.2 cm³/mol. The number of rotatable bonds is 4. The summed E-state index contributed by atoms with van der Waals surface area (Å²) in [6, 6.07) is 0.603. The van der Waals surface area contributed by atoms with Gasteiger partial charge in [-0.2, -0.15) is 0 Å². The third kappa shape index (κ3) is 3.74. The van der Waals surface area contributed by atoms with Crippen LogP contribution in [0.15, 0.2) is 0 Å². The molecule has 0 unspecified atom stereocenters. The van der Waals surface area contributed by atoms with Crippen LogP contribution in [0.5, 0.6) is 0 Å². The van der Waals surface area contributed by atoms with E-state index in [2.05, 4.69) is 18.7 Å². The average molecular weight is 302 g/mol. The minimum absolute atomic E-state index is 0.234. The van der Waals surface area contributed by atoms with Crippen LogP contribution in [0, 0.1) is 11.8 Å². The molecule has 2 heterocycles. The van der Waals surface area contributed by atoms with Crippen LogP contribution in [-0.2, 0) is 10.0 Å². The van der Waals surface area contributed by atoms with E-state index < -0.39 is 10.0 Å². The molecule has 0 N–H and O–H groups in total. The van der Waals surface area contributed by atoms with Crippen LogP contribution in [0.3, 0.4) is 0 Å². The molecule has 0 aromatic heterocycles. The lowest BCUT2D eigenvalue weighted by Gasteiger charge is -2.42. The van der Waals surface area contributed by atoms with Gasteiger partial charge in [-0.15, -0.1) is 0 Å². The maximum atomic E-state index is 11.9. The van der Waals surface area contributed by atoms with E-state index in [0.29, 0.717) is 19.1 Å². The zero-order valence-corrected chi connectivity index (χ0v) is 14.0. The summed E-state index contributed by atoms with van der Waals surface area (Å²) in [5.41, 5.74) is 0. The maximum absolute atomic E-state index is 11.9. The van der Waals surface area contributed by atoms with Crippen molar-refractivity contribution in [1.82, 2.24) is 9.21 Å². The SMILES string of the molecule is CCS(=O)(=O)N1CCC(N2CCC(C(C)C)CC2)CC1. The first-order chi connectivity index (χ1) is 9.44. The quantitative estimate of drug-likeness (QED) is 0.799. The molecule has 0 aromatic rings.